The van der Waals surface area contributed by atoms with E-state index in [9.17, 15) is 9.18 Å². The first-order valence-corrected chi connectivity index (χ1v) is 11.3. The van der Waals surface area contributed by atoms with E-state index >= 15 is 0 Å². The van der Waals surface area contributed by atoms with Crippen LogP contribution in [-0.2, 0) is 17.8 Å². The number of furan rings is 1. The first-order chi connectivity index (χ1) is 15.0. The summed E-state index contributed by atoms with van der Waals surface area (Å²) in [4.78, 5) is 12.9. The summed E-state index contributed by atoms with van der Waals surface area (Å²) in [6, 6.07) is 13.5. The van der Waals surface area contributed by atoms with Crippen molar-refractivity contribution in [2.45, 2.75) is 45.1 Å². The lowest BCUT2D eigenvalue weighted by atomic mass is 9.85. The third-order valence-electron chi connectivity index (χ3n) is 6.84. The van der Waals surface area contributed by atoms with Crippen LogP contribution >= 0.6 is 0 Å². The predicted molar refractivity (Wildman–Crippen MR) is 118 cm³/mol. The first kappa shape index (κ1) is 20.3. The Balaban J connectivity index is 1.30. The van der Waals surface area contributed by atoms with Crippen LogP contribution in [-0.4, -0.2) is 29.1 Å². The molecule has 31 heavy (non-hydrogen) atoms. The maximum atomic E-state index is 14.9. The lowest BCUT2D eigenvalue weighted by molar-refractivity contribution is -0.147. The van der Waals surface area contributed by atoms with Gasteiger partial charge in [0.15, 0.2) is 0 Å². The van der Waals surface area contributed by atoms with Crippen molar-refractivity contribution < 1.29 is 18.7 Å². The van der Waals surface area contributed by atoms with Gasteiger partial charge in [-0.15, -0.1) is 0 Å². The van der Waals surface area contributed by atoms with E-state index in [1.165, 1.54) is 43.7 Å². The fourth-order valence-electron chi connectivity index (χ4n) is 5.05. The number of fused-ring (bicyclic) bond motifs is 1. The molecular formula is C26H28FNO3. The fourth-order valence-corrected chi connectivity index (χ4v) is 5.05. The standard InChI is InChI=1S/C26H28FNO3/c27-23-12-19(14-28-15-21(16-28)26(29)30)6-8-22(23)25-13-20-11-18(7-9-24(20)31-25)10-17-4-2-1-3-5-17/h6-9,11-13,17,21H,1-5,10,14-16H2,(H,29,30). The Kier molecular flexibility index (Phi) is 5.53. The molecule has 4 nitrogen and oxygen atoms in total. The number of aliphatic carboxylic acids is 1. The Hall–Kier alpha value is -2.66. The second-order valence-corrected chi connectivity index (χ2v) is 9.23. The monoisotopic (exact) mass is 421 g/mol. The molecule has 3 aromatic rings. The smallest absolute Gasteiger partial charge is 0.309 e. The highest BCUT2D eigenvalue weighted by atomic mass is 19.1. The van der Waals surface area contributed by atoms with Crippen LogP contribution in [0.25, 0.3) is 22.3 Å². The Bertz CT molecular complexity index is 1090. The van der Waals surface area contributed by atoms with Gasteiger partial charge in [-0.05, 0) is 53.8 Å². The van der Waals surface area contributed by atoms with E-state index in [0.717, 1.165) is 28.9 Å². The van der Waals surface area contributed by atoms with Crippen molar-refractivity contribution >= 4 is 16.9 Å². The molecule has 0 amide bonds. The summed E-state index contributed by atoms with van der Waals surface area (Å²) in [7, 11) is 0. The highest BCUT2D eigenvalue weighted by Crippen LogP contribution is 2.33. The summed E-state index contributed by atoms with van der Waals surface area (Å²) in [5.74, 6) is -0.0509. The van der Waals surface area contributed by atoms with Gasteiger partial charge in [0, 0.05) is 25.0 Å². The van der Waals surface area contributed by atoms with Gasteiger partial charge in [-0.1, -0.05) is 44.2 Å². The largest absolute Gasteiger partial charge is 0.481 e. The van der Waals surface area contributed by atoms with Crippen molar-refractivity contribution in [3.63, 3.8) is 0 Å². The molecule has 0 unspecified atom stereocenters. The third-order valence-corrected chi connectivity index (χ3v) is 6.84. The maximum Gasteiger partial charge on any atom is 0.309 e. The molecule has 0 atom stereocenters. The SMILES string of the molecule is O=C(O)C1CN(Cc2ccc(-c3cc4cc(CC5CCCCC5)ccc4o3)c(F)c2)C1. The molecule has 1 saturated carbocycles. The van der Waals surface area contributed by atoms with Crippen LogP contribution in [0.1, 0.15) is 43.2 Å². The average Bonchev–Trinajstić information content (AvgIpc) is 3.14. The van der Waals surface area contributed by atoms with Crippen LogP contribution in [0, 0.1) is 17.7 Å². The number of carbonyl (C=O) groups is 1. The molecule has 1 N–H and O–H groups in total. The number of hydrogen-bond acceptors (Lipinski definition) is 3. The molecule has 2 aromatic carbocycles. The molecular weight excluding hydrogens is 393 g/mol. The van der Waals surface area contributed by atoms with Crippen LogP contribution in [0.15, 0.2) is 46.9 Å². The van der Waals surface area contributed by atoms with Crippen molar-refractivity contribution in [2.24, 2.45) is 11.8 Å². The minimum Gasteiger partial charge on any atom is -0.481 e. The molecule has 5 heteroatoms. The lowest BCUT2D eigenvalue weighted by Gasteiger charge is -2.36. The second-order valence-electron chi connectivity index (χ2n) is 9.23. The zero-order valence-electron chi connectivity index (χ0n) is 17.6. The summed E-state index contributed by atoms with van der Waals surface area (Å²) < 4.78 is 20.8. The van der Waals surface area contributed by atoms with Gasteiger partial charge in [-0.2, -0.15) is 0 Å². The molecule has 1 aromatic heterocycles. The summed E-state index contributed by atoms with van der Waals surface area (Å²) in [5.41, 5.74) is 3.42. The number of rotatable bonds is 6. The van der Waals surface area contributed by atoms with Crippen LogP contribution < -0.4 is 0 Å². The highest BCUT2D eigenvalue weighted by molar-refractivity contribution is 5.83. The molecule has 2 aliphatic rings. The number of hydrogen-bond donors (Lipinski definition) is 1. The molecule has 0 radical (unpaired) electrons. The van der Waals surface area contributed by atoms with Crippen LogP contribution in [0.4, 0.5) is 4.39 Å². The van der Waals surface area contributed by atoms with Gasteiger partial charge in [0.1, 0.15) is 17.2 Å². The molecule has 0 spiro atoms. The van der Waals surface area contributed by atoms with E-state index < -0.39 is 5.97 Å². The van der Waals surface area contributed by atoms with Crippen LogP contribution in [0.2, 0.25) is 0 Å². The number of benzene rings is 2. The normalized spacial score (nSPS) is 18.4. The van der Waals surface area contributed by atoms with Crippen molar-refractivity contribution in [3.8, 4) is 11.3 Å². The van der Waals surface area contributed by atoms with Gasteiger partial charge in [0.25, 0.3) is 0 Å². The number of likely N-dealkylation sites (tertiary alicyclic amines) is 1. The summed E-state index contributed by atoms with van der Waals surface area (Å²) in [5, 5.41) is 10.0. The topological polar surface area (TPSA) is 53.7 Å². The number of nitrogens with zero attached hydrogens (tertiary/aromatic N) is 1. The second kappa shape index (κ2) is 8.46. The van der Waals surface area contributed by atoms with Crippen LogP contribution in [0.5, 0.6) is 0 Å². The Morgan fingerprint density at radius 3 is 2.55 bits per heavy atom. The summed E-state index contributed by atoms with van der Waals surface area (Å²) in [6.07, 6.45) is 7.80. The number of carboxylic acids is 1. The zero-order valence-corrected chi connectivity index (χ0v) is 17.6. The van der Waals surface area contributed by atoms with Crippen molar-refractivity contribution in [1.29, 1.82) is 0 Å². The van der Waals surface area contributed by atoms with E-state index in [1.807, 2.05) is 23.1 Å². The van der Waals surface area contributed by atoms with E-state index in [0.29, 0.717) is 31.0 Å². The molecule has 2 heterocycles. The average molecular weight is 422 g/mol. The van der Waals surface area contributed by atoms with Gasteiger partial charge in [0.05, 0.1) is 11.5 Å². The molecule has 1 saturated heterocycles. The zero-order chi connectivity index (χ0) is 21.4. The lowest BCUT2D eigenvalue weighted by Crippen LogP contribution is -2.49. The molecule has 162 valence electrons. The van der Waals surface area contributed by atoms with Gasteiger partial charge in [-0.25, -0.2) is 4.39 Å². The molecule has 5 rings (SSSR count). The van der Waals surface area contributed by atoms with E-state index in [-0.39, 0.29) is 11.7 Å². The van der Waals surface area contributed by atoms with Crippen molar-refractivity contribution in [3.05, 3.63) is 59.4 Å². The quantitative estimate of drug-likeness (QED) is 0.540. The molecule has 1 aliphatic heterocycles. The van der Waals surface area contributed by atoms with E-state index in [4.69, 9.17) is 9.52 Å². The van der Waals surface area contributed by atoms with Crippen molar-refractivity contribution in [1.82, 2.24) is 4.90 Å². The van der Waals surface area contributed by atoms with Crippen molar-refractivity contribution in [2.75, 3.05) is 13.1 Å². The predicted octanol–water partition coefficient (Wildman–Crippen LogP) is 5.88. The number of carboxylic acid groups (broad SMARTS) is 1. The summed E-state index contributed by atoms with van der Waals surface area (Å²) in [6.45, 7) is 1.60. The van der Waals surface area contributed by atoms with Crippen LogP contribution in [0.3, 0.4) is 0 Å². The minimum atomic E-state index is -0.760. The van der Waals surface area contributed by atoms with E-state index in [2.05, 4.69) is 12.1 Å². The first-order valence-electron chi connectivity index (χ1n) is 11.3. The van der Waals surface area contributed by atoms with Gasteiger partial charge >= 0.3 is 5.97 Å². The summed E-state index contributed by atoms with van der Waals surface area (Å²) >= 11 is 0. The maximum absolute atomic E-state index is 14.9. The Labute approximate surface area is 181 Å². The molecule has 2 fully saturated rings. The Morgan fingerprint density at radius 1 is 1.03 bits per heavy atom. The van der Waals surface area contributed by atoms with Gasteiger partial charge in [-0.3, -0.25) is 9.69 Å². The van der Waals surface area contributed by atoms with Gasteiger partial charge < -0.3 is 9.52 Å². The van der Waals surface area contributed by atoms with Gasteiger partial charge in [0.2, 0.25) is 0 Å². The fraction of sp³-hybridized carbons (Fsp3) is 0.423. The highest BCUT2D eigenvalue weighted by Gasteiger charge is 2.32. The third kappa shape index (κ3) is 4.38. The Morgan fingerprint density at radius 2 is 1.81 bits per heavy atom. The minimum absolute atomic E-state index is 0.303. The number of halogens is 1. The molecule has 0 bridgehead atoms. The van der Waals surface area contributed by atoms with E-state index in [1.54, 1.807) is 6.07 Å². The molecule has 1 aliphatic carbocycles.